The van der Waals surface area contributed by atoms with Gasteiger partial charge in [0, 0.05) is 0 Å². The Morgan fingerprint density at radius 1 is 1.53 bits per heavy atom. The minimum atomic E-state index is -0.854. The molecule has 0 spiro atoms. The third-order valence-electron chi connectivity index (χ3n) is 1.52. The summed E-state index contributed by atoms with van der Waals surface area (Å²) < 4.78 is 4.70. The van der Waals surface area contributed by atoms with E-state index in [1.54, 1.807) is 24.3 Å². The van der Waals surface area contributed by atoms with Crippen molar-refractivity contribution in [3.63, 3.8) is 0 Å². The molecular formula is C10H9Cl2NO2. The van der Waals surface area contributed by atoms with Crippen molar-refractivity contribution in [3.8, 4) is 0 Å². The van der Waals surface area contributed by atoms with Gasteiger partial charge in [-0.05, 0) is 18.2 Å². The van der Waals surface area contributed by atoms with Crippen LogP contribution in [0, 0.1) is 0 Å². The zero-order valence-corrected chi connectivity index (χ0v) is 9.26. The van der Waals surface area contributed by atoms with Gasteiger partial charge in [0.05, 0.1) is 10.7 Å². The van der Waals surface area contributed by atoms with Gasteiger partial charge < -0.3 is 4.74 Å². The largest absolute Gasteiger partial charge is 0.426 e. The molecule has 0 heterocycles. The molecule has 0 bridgehead atoms. The van der Waals surface area contributed by atoms with E-state index in [9.17, 15) is 4.79 Å². The molecule has 0 saturated heterocycles. The molecule has 3 nitrogen and oxygen atoms in total. The van der Waals surface area contributed by atoms with Gasteiger partial charge in [-0.3, -0.25) is 5.32 Å². The molecule has 1 aromatic carbocycles. The fraction of sp³-hybridized carbons (Fsp3) is 0.100. The summed E-state index contributed by atoms with van der Waals surface area (Å²) in [5.41, 5.74) is -0.385. The van der Waals surface area contributed by atoms with Crippen LogP contribution in [0.5, 0.6) is 0 Å². The molecule has 1 atom stereocenters. The van der Waals surface area contributed by atoms with E-state index in [0.29, 0.717) is 10.7 Å². The first-order valence-electron chi connectivity index (χ1n) is 4.12. The topological polar surface area (TPSA) is 38.3 Å². The van der Waals surface area contributed by atoms with Gasteiger partial charge in [-0.25, -0.2) is 4.79 Å². The van der Waals surface area contributed by atoms with Gasteiger partial charge in [-0.1, -0.05) is 41.9 Å². The quantitative estimate of drug-likeness (QED) is 0.653. The van der Waals surface area contributed by atoms with Crippen molar-refractivity contribution in [2.45, 2.75) is 5.56 Å². The Bertz CT molecular complexity index is 368. The first kappa shape index (κ1) is 11.9. The normalized spacial score (nSPS) is 11.6. The lowest BCUT2D eigenvalue weighted by atomic mass is 10.3. The van der Waals surface area contributed by atoms with Crippen LogP contribution >= 0.6 is 23.2 Å². The third kappa shape index (κ3) is 3.81. The highest BCUT2D eigenvalue weighted by Gasteiger charge is 2.09. The number of carbonyl (C=O) groups excluding carboxylic acids is 1. The van der Waals surface area contributed by atoms with Crippen molar-refractivity contribution in [2.75, 3.05) is 5.32 Å². The van der Waals surface area contributed by atoms with E-state index >= 15 is 0 Å². The lowest BCUT2D eigenvalue weighted by molar-refractivity contribution is 0.162. The van der Waals surface area contributed by atoms with Crippen molar-refractivity contribution in [1.29, 1.82) is 0 Å². The van der Waals surface area contributed by atoms with Crippen molar-refractivity contribution in [3.05, 3.63) is 41.9 Å². The van der Waals surface area contributed by atoms with E-state index < -0.39 is 11.7 Å². The SMILES string of the molecule is C=CC(Cl)OC(=O)Nc1ccccc1Cl. The molecule has 0 aliphatic heterocycles. The fourth-order valence-corrected chi connectivity index (χ4v) is 1.12. The Morgan fingerprint density at radius 2 is 2.20 bits per heavy atom. The van der Waals surface area contributed by atoms with Crippen LogP contribution in [-0.2, 0) is 4.74 Å². The van der Waals surface area contributed by atoms with E-state index in [4.69, 9.17) is 27.9 Å². The third-order valence-corrected chi connectivity index (χ3v) is 2.11. The molecule has 0 radical (unpaired) electrons. The van der Waals surface area contributed by atoms with Crippen molar-refractivity contribution in [1.82, 2.24) is 0 Å². The number of hydrogen-bond acceptors (Lipinski definition) is 2. The number of halogens is 2. The standard InChI is InChI=1S/C10H9Cl2NO2/c1-2-9(12)15-10(14)13-8-6-4-3-5-7(8)11/h2-6,9H,1H2,(H,13,14). The summed E-state index contributed by atoms with van der Waals surface area (Å²) >= 11 is 11.3. The highest BCUT2D eigenvalue weighted by molar-refractivity contribution is 6.33. The average Bonchev–Trinajstić information content (AvgIpc) is 2.21. The summed E-state index contributed by atoms with van der Waals surface area (Å²) in [6, 6.07) is 6.81. The second-order valence-corrected chi connectivity index (χ2v) is 3.43. The Morgan fingerprint density at radius 3 is 2.80 bits per heavy atom. The summed E-state index contributed by atoms with van der Waals surface area (Å²) in [6.45, 7) is 3.38. The van der Waals surface area contributed by atoms with Crippen molar-refractivity contribution >= 4 is 35.0 Å². The maximum Gasteiger partial charge on any atom is 0.413 e. The molecule has 0 fully saturated rings. The van der Waals surface area contributed by atoms with Gasteiger partial charge in [0.25, 0.3) is 0 Å². The highest BCUT2D eigenvalue weighted by atomic mass is 35.5. The van der Waals surface area contributed by atoms with Gasteiger partial charge in [0.15, 0.2) is 5.56 Å². The van der Waals surface area contributed by atoms with Crippen LogP contribution in [0.25, 0.3) is 0 Å². The first-order chi connectivity index (χ1) is 7.13. The van der Waals surface area contributed by atoms with Crippen LogP contribution < -0.4 is 5.32 Å². The lowest BCUT2D eigenvalue weighted by Crippen LogP contribution is -2.17. The van der Waals surface area contributed by atoms with E-state index in [0.717, 1.165) is 0 Å². The number of nitrogens with one attached hydrogen (secondary N) is 1. The Balaban J connectivity index is 2.59. The molecule has 1 unspecified atom stereocenters. The van der Waals surface area contributed by atoms with Gasteiger partial charge in [-0.2, -0.15) is 0 Å². The number of benzene rings is 1. The summed E-state index contributed by atoms with van der Waals surface area (Å²) in [4.78, 5) is 11.2. The predicted octanol–water partition coefficient (Wildman–Crippen LogP) is 3.64. The van der Waals surface area contributed by atoms with Gasteiger partial charge in [0.2, 0.25) is 0 Å². The predicted molar refractivity (Wildman–Crippen MR) is 61.4 cm³/mol. The molecule has 1 aromatic rings. The van der Waals surface area contributed by atoms with Crippen molar-refractivity contribution in [2.24, 2.45) is 0 Å². The Labute approximate surface area is 97.6 Å². The molecule has 1 amide bonds. The van der Waals surface area contributed by atoms with E-state index in [1.807, 2.05) is 0 Å². The highest BCUT2D eigenvalue weighted by Crippen LogP contribution is 2.20. The van der Waals surface area contributed by atoms with Crippen LogP contribution in [0.15, 0.2) is 36.9 Å². The zero-order chi connectivity index (χ0) is 11.3. The van der Waals surface area contributed by atoms with Gasteiger partial charge in [0.1, 0.15) is 0 Å². The lowest BCUT2D eigenvalue weighted by Gasteiger charge is -2.09. The van der Waals surface area contributed by atoms with Crippen LogP contribution in [-0.4, -0.2) is 11.7 Å². The van der Waals surface area contributed by atoms with Crippen LogP contribution in [0.2, 0.25) is 5.02 Å². The monoisotopic (exact) mass is 245 g/mol. The second-order valence-electron chi connectivity index (χ2n) is 2.60. The number of amides is 1. The Hall–Kier alpha value is -1.19. The number of ether oxygens (including phenoxy) is 1. The van der Waals surface area contributed by atoms with Crippen LogP contribution in [0.3, 0.4) is 0 Å². The Kier molecular flexibility index (Phi) is 4.46. The van der Waals surface area contributed by atoms with Crippen LogP contribution in [0.1, 0.15) is 0 Å². The maximum atomic E-state index is 11.2. The second kappa shape index (κ2) is 5.63. The van der Waals surface area contributed by atoms with Gasteiger partial charge in [-0.15, -0.1) is 0 Å². The molecule has 80 valence electrons. The fourth-order valence-electron chi connectivity index (χ4n) is 0.852. The molecule has 0 saturated carbocycles. The van der Waals surface area contributed by atoms with E-state index in [-0.39, 0.29) is 0 Å². The summed E-state index contributed by atoms with van der Waals surface area (Å²) in [5, 5.41) is 2.88. The summed E-state index contributed by atoms with van der Waals surface area (Å²) in [7, 11) is 0. The van der Waals surface area contributed by atoms with E-state index in [2.05, 4.69) is 11.9 Å². The molecule has 1 rings (SSSR count). The number of hydrogen-bond donors (Lipinski definition) is 1. The molecule has 0 aliphatic rings. The molecule has 5 heteroatoms. The zero-order valence-electron chi connectivity index (χ0n) is 7.74. The number of carbonyl (C=O) groups is 1. The minimum Gasteiger partial charge on any atom is -0.426 e. The molecule has 15 heavy (non-hydrogen) atoms. The molecule has 0 aromatic heterocycles. The number of rotatable bonds is 3. The number of alkyl halides is 1. The molecular weight excluding hydrogens is 237 g/mol. The summed E-state index contributed by atoms with van der Waals surface area (Å²) in [5.74, 6) is 0. The molecule has 1 N–H and O–H groups in total. The average molecular weight is 246 g/mol. The smallest absolute Gasteiger partial charge is 0.413 e. The number of para-hydroxylation sites is 1. The first-order valence-corrected chi connectivity index (χ1v) is 4.93. The number of anilines is 1. The van der Waals surface area contributed by atoms with Crippen LogP contribution in [0.4, 0.5) is 10.5 Å². The van der Waals surface area contributed by atoms with Gasteiger partial charge >= 0.3 is 6.09 Å². The van der Waals surface area contributed by atoms with Crippen molar-refractivity contribution < 1.29 is 9.53 Å². The maximum absolute atomic E-state index is 11.2. The summed E-state index contributed by atoms with van der Waals surface area (Å²) in [6.07, 6.45) is 0.622. The van der Waals surface area contributed by atoms with E-state index in [1.165, 1.54) is 6.08 Å². The molecule has 0 aliphatic carbocycles. The minimum absolute atomic E-state index is 0.430.